The Morgan fingerprint density at radius 3 is 1.72 bits per heavy atom. The zero-order valence-corrected chi connectivity index (χ0v) is 13.5. The van der Waals surface area contributed by atoms with Gasteiger partial charge in [0.15, 0.2) is 0 Å². The van der Waals surface area contributed by atoms with Gasteiger partial charge < -0.3 is 0 Å². The van der Waals surface area contributed by atoms with E-state index in [0.29, 0.717) is 6.10 Å². The first kappa shape index (κ1) is 16.0. The SMILES string of the molecule is CC(ON(C(C)(C)C)C(C)(C)C)C1CCCCC1. The maximum Gasteiger partial charge on any atom is 0.0793 e. The van der Waals surface area contributed by atoms with Gasteiger partial charge >= 0.3 is 0 Å². The van der Waals surface area contributed by atoms with E-state index < -0.39 is 0 Å². The summed E-state index contributed by atoms with van der Waals surface area (Å²) < 4.78 is 0. The van der Waals surface area contributed by atoms with Crippen LogP contribution >= 0.6 is 0 Å². The Kier molecular flexibility index (Phi) is 5.25. The lowest BCUT2D eigenvalue weighted by molar-refractivity contribution is -0.290. The fourth-order valence-electron chi connectivity index (χ4n) is 3.18. The molecule has 2 nitrogen and oxygen atoms in total. The highest BCUT2D eigenvalue weighted by atomic mass is 16.7. The Morgan fingerprint density at radius 2 is 1.33 bits per heavy atom. The van der Waals surface area contributed by atoms with Crippen LogP contribution in [0.1, 0.15) is 80.6 Å². The molecule has 0 aromatic carbocycles. The molecule has 18 heavy (non-hydrogen) atoms. The summed E-state index contributed by atoms with van der Waals surface area (Å²) >= 11 is 0. The maximum atomic E-state index is 6.35. The van der Waals surface area contributed by atoms with E-state index in [1.807, 2.05) is 0 Å². The second kappa shape index (κ2) is 5.92. The lowest BCUT2D eigenvalue weighted by Gasteiger charge is -2.46. The molecule has 2 heteroatoms. The monoisotopic (exact) mass is 255 g/mol. The minimum atomic E-state index is 0.0428. The molecule has 1 rings (SSSR count). The van der Waals surface area contributed by atoms with Crippen molar-refractivity contribution >= 4 is 0 Å². The first-order chi connectivity index (χ1) is 8.12. The van der Waals surface area contributed by atoms with Crippen LogP contribution in [-0.2, 0) is 4.84 Å². The Morgan fingerprint density at radius 1 is 0.889 bits per heavy atom. The van der Waals surface area contributed by atoms with Crippen molar-refractivity contribution in [1.82, 2.24) is 5.06 Å². The van der Waals surface area contributed by atoms with Gasteiger partial charge in [-0.05, 0) is 67.2 Å². The Labute approximate surface area is 114 Å². The van der Waals surface area contributed by atoms with E-state index in [0.717, 1.165) is 5.92 Å². The van der Waals surface area contributed by atoms with Gasteiger partial charge in [0.05, 0.1) is 6.10 Å². The third-order valence-corrected chi connectivity index (χ3v) is 3.80. The van der Waals surface area contributed by atoms with E-state index >= 15 is 0 Å². The zero-order chi connectivity index (χ0) is 14.0. The molecule has 0 saturated heterocycles. The number of hydroxylamine groups is 2. The van der Waals surface area contributed by atoms with Crippen LogP contribution in [0.4, 0.5) is 0 Å². The second-order valence-electron chi connectivity index (χ2n) is 7.84. The molecule has 1 unspecified atom stereocenters. The molecule has 1 saturated carbocycles. The average molecular weight is 255 g/mol. The van der Waals surface area contributed by atoms with Crippen molar-refractivity contribution < 1.29 is 4.84 Å². The number of hydrogen-bond donors (Lipinski definition) is 0. The van der Waals surface area contributed by atoms with Crippen LogP contribution in [0, 0.1) is 5.92 Å². The maximum absolute atomic E-state index is 6.35. The van der Waals surface area contributed by atoms with Crippen molar-refractivity contribution in [2.24, 2.45) is 5.92 Å². The Balaban J connectivity index is 2.65. The first-order valence-electron chi connectivity index (χ1n) is 7.59. The molecule has 1 aliphatic carbocycles. The molecule has 0 aromatic rings. The standard InChI is InChI=1S/C16H33NO/c1-13(14-11-9-8-10-12-14)18-17(15(2,3)4)16(5,6)7/h13-14H,8-12H2,1-7H3. The molecule has 108 valence electrons. The Hall–Kier alpha value is -0.0800. The molecule has 1 atom stereocenters. The minimum Gasteiger partial charge on any atom is -0.295 e. The number of nitrogens with zero attached hydrogens (tertiary/aromatic N) is 1. The molecule has 1 fully saturated rings. The van der Waals surface area contributed by atoms with Crippen LogP contribution in [0.2, 0.25) is 0 Å². The van der Waals surface area contributed by atoms with Crippen LogP contribution < -0.4 is 0 Å². The highest BCUT2D eigenvalue weighted by Gasteiger charge is 2.35. The van der Waals surface area contributed by atoms with Gasteiger partial charge in [-0.3, -0.25) is 4.84 Å². The van der Waals surface area contributed by atoms with Gasteiger partial charge in [-0.25, -0.2) is 0 Å². The smallest absolute Gasteiger partial charge is 0.0793 e. The summed E-state index contributed by atoms with van der Waals surface area (Å²) in [4.78, 5) is 6.35. The number of hydrogen-bond acceptors (Lipinski definition) is 2. The molecule has 0 aromatic heterocycles. The van der Waals surface area contributed by atoms with E-state index in [-0.39, 0.29) is 11.1 Å². The zero-order valence-electron chi connectivity index (χ0n) is 13.5. The molecule has 0 spiro atoms. The van der Waals surface area contributed by atoms with E-state index in [9.17, 15) is 0 Å². The van der Waals surface area contributed by atoms with E-state index in [2.05, 4.69) is 53.5 Å². The molecule has 0 N–H and O–H groups in total. The van der Waals surface area contributed by atoms with Crippen molar-refractivity contribution in [2.45, 2.75) is 97.8 Å². The van der Waals surface area contributed by atoms with Crippen molar-refractivity contribution in [3.63, 3.8) is 0 Å². The lowest BCUT2D eigenvalue weighted by atomic mass is 9.86. The van der Waals surface area contributed by atoms with Gasteiger partial charge in [0.2, 0.25) is 0 Å². The fourth-order valence-corrected chi connectivity index (χ4v) is 3.18. The largest absolute Gasteiger partial charge is 0.295 e. The quantitative estimate of drug-likeness (QED) is 0.673. The molecule has 0 radical (unpaired) electrons. The van der Waals surface area contributed by atoms with Crippen LogP contribution in [-0.4, -0.2) is 22.2 Å². The molecular formula is C16H33NO. The van der Waals surface area contributed by atoms with Gasteiger partial charge in [0, 0.05) is 11.1 Å². The third-order valence-electron chi connectivity index (χ3n) is 3.80. The summed E-state index contributed by atoms with van der Waals surface area (Å²) in [5, 5.41) is 2.19. The van der Waals surface area contributed by atoms with E-state index in [1.54, 1.807) is 0 Å². The second-order valence-corrected chi connectivity index (χ2v) is 7.84. The third kappa shape index (κ3) is 4.55. The van der Waals surface area contributed by atoms with Gasteiger partial charge in [-0.2, -0.15) is 5.06 Å². The molecule has 0 heterocycles. The van der Waals surface area contributed by atoms with Gasteiger partial charge in [-0.15, -0.1) is 0 Å². The average Bonchev–Trinajstić information content (AvgIpc) is 2.23. The van der Waals surface area contributed by atoms with Crippen LogP contribution in [0.25, 0.3) is 0 Å². The topological polar surface area (TPSA) is 12.5 Å². The van der Waals surface area contributed by atoms with Crippen molar-refractivity contribution in [2.75, 3.05) is 0 Å². The van der Waals surface area contributed by atoms with Crippen molar-refractivity contribution in [3.05, 3.63) is 0 Å². The molecule has 0 aliphatic heterocycles. The summed E-state index contributed by atoms with van der Waals surface area (Å²) in [6, 6.07) is 0. The molecule has 0 bridgehead atoms. The molecule has 1 aliphatic rings. The first-order valence-corrected chi connectivity index (χ1v) is 7.59. The normalized spacial score (nSPS) is 21.3. The highest BCUT2D eigenvalue weighted by Crippen LogP contribution is 2.32. The van der Waals surface area contributed by atoms with Crippen LogP contribution in [0.5, 0.6) is 0 Å². The summed E-state index contributed by atoms with van der Waals surface area (Å²) in [7, 11) is 0. The van der Waals surface area contributed by atoms with E-state index in [4.69, 9.17) is 4.84 Å². The van der Waals surface area contributed by atoms with Crippen molar-refractivity contribution in [1.29, 1.82) is 0 Å². The summed E-state index contributed by atoms with van der Waals surface area (Å²) in [6.45, 7) is 15.6. The summed E-state index contributed by atoms with van der Waals surface area (Å²) in [6.07, 6.45) is 7.17. The van der Waals surface area contributed by atoms with Crippen LogP contribution in [0.15, 0.2) is 0 Å². The van der Waals surface area contributed by atoms with Gasteiger partial charge in [0.1, 0.15) is 0 Å². The lowest BCUT2D eigenvalue weighted by Crippen LogP contribution is -2.54. The Bertz CT molecular complexity index is 229. The molecular weight excluding hydrogens is 222 g/mol. The summed E-state index contributed by atoms with van der Waals surface area (Å²) in [5.41, 5.74) is 0.0857. The predicted molar refractivity (Wildman–Crippen MR) is 78.5 cm³/mol. The van der Waals surface area contributed by atoms with E-state index in [1.165, 1.54) is 32.1 Å². The fraction of sp³-hybridized carbons (Fsp3) is 1.00. The minimum absolute atomic E-state index is 0.0428. The highest BCUT2D eigenvalue weighted by molar-refractivity contribution is 4.82. The molecule has 0 amide bonds. The van der Waals surface area contributed by atoms with Gasteiger partial charge in [0.25, 0.3) is 0 Å². The van der Waals surface area contributed by atoms with Crippen molar-refractivity contribution in [3.8, 4) is 0 Å². The predicted octanol–water partition coefficient (Wildman–Crippen LogP) is 4.79. The summed E-state index contributed by atoms with van der Waals surface area (Å²) in [5.74, 6) is 0.742. The van der Waals surface area contributed by atoms with Crippen LogP contribution in [0.3, 0.4) is 0 Å². The van der Waals surface area contributed by atoms with Gasteiger partial charge in [-0.1, -0.05) is 19.3 Å². The number of rotatable bonds is 3.